The van der Waals surface area contributed by atoms with Crippen molar-refractivity contribution in [3.05, 3.63) is 28.3 Å². The number of aromatic carboxylic acids is 1. The SMILES string of the molecule is CC(C)c1nc(-c2c[nH]c(C(=O)O)c2)cs1. The molecule has 5 heteroatoms. The number of thiazole rings is 1. The Bertz CT molecular complexity index is 514. The van der Waals surface area contributed by atoms with Crippen molar-refractivity contribution in [3.63, 3.8) is 0 Å². The highest BCUT2D eigenvalue weighted by Gasteiger charge is 2.11. The molecule has 0 unspecified atom stereocenters. The quantitative estimate of drug-likeness (QED) is 0.861. The molecule has 0 fully saturated rings. The first-order chi connectivity index (χ1) is 7.58. The zero-order valence-corrected chi connectivity index (χ0v) is 9.84. The second-order valence-corrected chi connectivity index (χ2v) is 4.72. The van der Waals surface area contributed by atoms with E-state index >= 15 is 0 Å². The third-order valence-electron chi connectivity index (χ3n) is 2.23. The second kappa shape index (κ2) is 4.09. The van der Waals surface area contributed by atoms with E-state index in [1.807, 2.05) is 5.38 Å². The molecular weight excluding hydrogens is 224 g/mol. The summed E-state index contributed by atoms with van der Waals surface area (Å²) in [5.74, 6) is -0.554. The number of carboxylic acids is 1. The largest absolute Gasteiger partial charge is 0.477 e. The van der Waals surface area contributed by atoms with Crippen LogP contribution in [0.3, 0.4) is 0 Å². The number of hydrogen-bond acceptors (Lipinski definition) is 3. The maximum Gasteiger partial charge on any atom is 0.352 e. The van der Waals surface area contributed by atoms with Gasteiger partial charge in [0, 0.05) is 23.1 Å². The van der Waals surface area contributed by atoms with Gasteiger partial charge in [0.2, 0.25) is 0 Å². The van der Waals surface area contributed by atoms with Gasteiger partial charge < -0.3 is 10.1 Å². The molecule has 0 aliphatic heterocycles. The predicted octanol–water partition coefficient (Wildman–Crippen LogP) is 2.96. The minimum absolute atomic E-state index is 0.189. The van der Waals surface area contributed by atoms with Gasteiger partial charge in [0.1, 0.15) is 5.69 Å². The Kier molecular flexibility index (Phi) is 2.78. The van der Waals surface area contributed by atoms with E-state index < -0.39 is 5.97 Å². The minimum atomic E-state index is -0.953. The molecular formula is C11H12N2O2S. The number of aromatic amines is 1. The van der Waals surface area contributed by atoms with E-state index in [0.717, 1.165) is 16.3 Å². The van der Waals surface area contributed by atoms with Crippen molar-refractivity contribution < 1.29 is 9.90 Å². The first kappa shape index (κ1) is 10.9. The molecule has 0 aromatic carbocycles. The first-order valence-corrected chi connectivity index (χ1v) is 5.83. The Balaban J connectivity index is 2.31. The maximum absolute atomic E-state index is 10.7. The number of hydrogen-bond donors (Lipinski definition) is 2. The summed E-state index contributed by atoms with van der Waals surface area (Å²) in [4.78, 5) is 17.9. The zero-order chi connectivity index (χ0) is 11.7. The number of nitrogens with zero attached hydrogens (tertiary/aromatic N) is 1. The Morgan fingerprint density at radius 1 is 1.56 bits per heavy atom. The molecule has 2 heterocycles. The number of rotatable bonds is 3. The van der Waals surface area contributed by atoms with E-state index in [0.29, 0.717) is 5.92 Å². The average molecular weight is 236 g/mol. The third kappa shape index (κ3) is 1.99. The monoisotopic (exact) mass is 236 g/mol. The average Bonchev–Trinajstić information content (AvgIpc) is 2.86. The number of nitrogens with one attached hydrogen (secondary N) is 1. The molecule has 0 spiro atoms. The fraction of sp³-hybridized carbons (Fsp3) is 0.273. The van der Waals surface area contributed by atoms with E-state index in [1.54, 1.807) is 23.6 Å². The lowest BCUT2D eigenvalue weighted by Crippen LogP contribution is -1.94. The van der Waals surface area contributed by atoms with Crippen molar-refractivity contribution in [2.75, 3.05) is 0 Å². The minimum Gasteiger partial charge on any atom is -0.477 e. The molecule has 0 atom stereocenters. The van der Waals surface area contributed by atoms with Gasteiger partial charge in [-0.1, -0.05) is 13.8 Å². The van der Waals surface area contributed by atoms with E-state index in [9.17, 15) is 4.79 Å². The Labute approximate surface area is 97.0 Å². The fourth-order valence-electron chi connectivity index (χ4n) is 1.35. The number of H-pyrrole nitrogens is 1. The van der Waals surface area contributed by atoms with Crippen molar-refractivity contribution in [3.8, 4) is 11.3 Å². The van der Waals surface area contributed by atoms with Crippen LogP contribution < -0.4 is 0 Å². The van der Waals surface area contributed by atoms with Crippen LogP contribution in [-0.4, -0.2) is 21.0 Å². The number of carboxylic acid groups (broad SMARTS) is 1. The molecule has 0 amide bonds. The molecule has 2 aromatic heterocycles. The predicted molar refractivity (Wildman–Crippen MR) is 62.9 cm³/mol. The molecule has 0 aliphatic rings. The van der Waals surface area contributed by atoms with Crippen molar-refractivity contribution in [2.24, 2.45) is 0 Å². The van der Waals surface area contributed by atoms with Crippen LogP contribution in [-0.2, 0) is 0 Å². The number of aromatic nitrogens is 2. The van der Waals surface area contributed by atoms with Crippen molar-refractivity contribution in [1.29, 1.82) is 0 Å². The van der Waals surface area contributed by atoms with Crippen molar-refractivity contribution in [2.45, 2.75) is 19.8 Å². The Morgan fingerprint density at radius 2 is 2.31 bits per heavy atom. The molecule has 84 valence electrons. The summed E-state index contributed by atoms with van der Waals surface area (Å²) in [7, 11) is 0. The van der Waals surface area contributed by atoms with E-state index in [2.05, 4.69) is 23.8 Å². The van der Waals surface area contributed by atoms with Gasteiger partial charge in [0.15, 0.2) is 0 Å². The second-order valence-electron chi connectivity index (χ2n) is 3.83. The number of carbonyl (C=O) groups is 1. The van der Waals surface area contributed by atoms with Crippen LogP contribution in [0.1, 0.15) is 35.3 Å². The van der Waals surface area contributed by atoms with Gasteiger partial charge in [0.05, 0.1) is 10.7 Å². The van der Waals surface area contributed by atoms with E-state index in [4.69, 9.17) is 5.11 Å². The molecule has 0 bridgehead atoms. The van der Waals surface area contributed by atoms with Gasteiger partial charge in [-0.25, -0.2) is 9.78 Å². The third-order valence-corrected chi connectivity index (χ3v) is 3.37. The zero-order valence-electron chi connectivity index (χ0n) is 9.02. The summed E-state index contributed by atoms with van der Waals surface area (Å²) in [5.41, 5.74) is 1.84. The molecule has 0 saturated heterocycles. The topological polar surface area (TPSA) is 66.0 Å². The van der Waals surface area contributed by atoms with E-state index in [1.165, 1.54) is 0 Å². The van der Waals surface area contributed by atoms with Gasteiger partial charge >= 0.3 is 5.97 Å². The van der Waals surface area contributed by atoms with Crippen molar-refractivity contribution in [1.82, 2.24) is 9.97 Å². The lowest BCUT2D eigenvalue weighted by atomic mass is 10.2. The summed E-state index contributed by atoms with van der Waals surface area (Å²) in [6, 6.07) is 1.60. The maximum atomic E-state index is 10.7. The normalized spacial score (nSPS) is 10.9. The van der Waals surface area contributed by atoms with Gasteiger partial charge in [-0.3, -0.25) is 0 Å². The molecule has 0 saturated carbocycles. The standard InChI is InChI=1S/C11H12N2O2S/c1-6(2)10-13-9(5-16-10)7-3-8(11(14)15)12-4-7/h3-6,12H,1-2H3,(H,14,15). The fourth-order valence-corrected chi connectivity index (χ4v) is 2.20. The Hall–Kier alpha value is -1.62. The highest BCUT2D eigenvalue weighted by atomic mass is 32.1. The smallest absolute Gasteiger partial charge is 0.352 e. The van der Waals surface area contributed by atoms with Crippen molar-refractivity contribution >= 4 is 17.3 Å². The summed E-state index contributed by atoms with van der Waals surface area (Å²) in [6.07, 6.45) is 1.67. The molecule has 16 heavy (non-hydrogen) atoms. The lowest BCUT2D eigenvalue weighted by Gasteiger charge is -1.95. The van der Waals surface area contributed by atoms with Gasteiger partial charge in [-0.05, 0) is 6.07 Å². The molecule has 4 nitrogen and oxygen atoms in total. The van der Waals surface area contributed by atoms with Crippen LogP contribution in [0.25, 0.3) is 11.3 Å². The first-order valence-electron chi connectivity index (χ1n) is 4.95. The highest BCUT2D eigenvalue weighted by Crippen LogP contribution is 2.26. The van der Waals surface area contributed by atoms with Gasteiger partial charge in [0.25, 0.3) is 0 Å². The Morgan fingerprint density at radius 3 is 2.81 bits per heavy atom. The highest BCUT2D eigenvalue weighted by molar-refractivity contribution is 7.10. The van der Waals surface area contributed by atoms with Crippen LogP contribution in [0.2, 0.25) is 0 Å². The van der Waals surface area contributed by atoms with E-state index in [-0.39, 0.29) is 5.69 Å². The van der Waals surface area contributed by atoms with Gasteiger partial charge in [-0.15, -0.1) is 11.3 Å². The van der Waals surface area contributed by atoms with Gasteiger partial charge in [-0.2, -0.15) is 0 Å². The molecule has 2 rings (SSSR count). The molecule has 0 radical (unpaired) electrons. The lowest BCUT2D eigenvalue weighted by molar-refractivity contribution is 0.0691. The van der Waals surface area contributed by atoms with Crippen LogP contribution >= 0.6 is 11.3 Å². The summed E-state index contributed by atoms with van der Waals surface area (Å²) in [6.45, 7) is 4.17. The van der Waals surface area contributed by atoms with Crippen LogP contribution in [0, 0.1) is 0 Å². The summed E-state index contributed by atoms with van der Waals surface area (Å²) < 4.78 is 0. The van der Waals surface area contributed by atoms with Crippen LogP contribution in [0.15, 0.2) is 17.6 Å². The molecule has 2 N–H and O–H groups in total. The molecule has 0 aliphatic carbocycles. The molecule has 2 aromatic rings. The summed E-state index contributed by atoms with van der Waals surface area (Å²) >= 11 is 1.60. The van der Waals surface area contributed by atoms with Crippen LogP contribution in [0.5, 0.6) is 0 Å². The van der Waals surface area contributed by atoms with Crippen LogP contribution in [0.4, 0.5) is 0 Å². The summed E-state index contributed by atoms with van der Waals surface area (Å²) in [5, 5.41) is 11.8.